The van der Waals surface area contributed by atoms with Gasteiger partial charge in [0.05, 0.1) is 11.4 Å². The molecule has 2 heterocycles. The Morgan fingerprint density at radius 3 is 2.13 bits per heavy atom. The van der Waals surface area contributed by atoms with Crippen LogP contribution in [0.5, 0.6) is 0 Å². The number of aromatic nitrogens is 2. The van der Waals surface area contributed by atoms with Gasteiger partial charge in [0, 0.05) is 43.7 Å². The Morgan fingerprint density at radius 1 is 0.933 bits per heavy atom. The maximum Gasteiger partial charge on any atom is 0.272 e. The van der Waals surface area contributed by atoms with E-state index in [2.05, 4.69) is 5.10 Å². The molecule has 0 spiro atoms. The van der Waals surface area contributed by atoms with Crippen LogP contribution in [0.25, 0.3) is 16.9 Å². The third kappa shape index (κ3) is 4.07. The van der Waals surface area contributed by atoms with Crippen LogP contribution in [0.4, 0.5) is 4.39 Å². The van der Waals surface area contributed by atoms with Crippen molar-refractivity contribution < 1.29 is 14.0 Å². The molecule has 30 heavy (non-hydrogen) atoms. The standard InChI is InChI=1S/C22H20ClFN4O2/c1-15(29)26-10-12-27(13-11-26)22(30)21-14-20(16-2-6-18(24)7-3-16)25-28(21)19-8-4-17(23)5-9-19/h2-9,14H,10-13H2,1H3. The Hall–Kier alpha value is -3.19. The molecule has 4 rings (SSSR count). The fraction of sp³-hybridized carbons (Fsp3) is 0.227. The number of carbonyl (C=O) groups excluding carboxylic acids is 2. The summed E-state index contributed by atoms with van der Waals surface area (Å²) in [6, 6.07) is 14.7. The number of rotatable bonds is 3. The van der Waals surface area contributed by atoms with E-state index in [9.17, 15) is 14.0 Å². The van der Waals surface area contributed by atoms with Gasteiger partial charge in [0.15, 0.2) is 0 Å². The minimum atomic E-state index is -0.337. The number of nitrogens with zero attached hydrogens (tertiary/aromatic N) is 4. The Balaban J connectivity index is 1.70. The van der Waals surface area contributed by atoms with Crippen molar-refractivity contribution in [3.05, 3.63) is 71.1 Å². The molecule has 1 aliphatic rings. The lowest BCUT2D eigenvalue weighted by molar-refractivity contribution is -0.130. The number of hydrogen-bond acceptors (Lipinski definition) is 3. The van der Waals surface area contributed by atoms with Crippen LogP contribution in [0.1, 0.15) is 17.4 Å². The summed E-state index contributed by atoms with van der Waals surface area (Å²) in [7, 11) is 0. The molecule has 1 aromatic heterocycles. The number of benzene rings is 2. The van der Waals surface area contributed by atoms with Gasteiger partial charge in [-0.05, 0) is 54.6 Å². The molecule has 0 atom stereocenters. The molecule has 1 aliphatic heterocycles. The van der Waals surface area contributed by atoms with Crippen molar-refractivity contribution in [3.8, 4) is 16.9 Å². The van der Waals surface area contributed by atoms with Gasteiger partial charge < -0.3 is 9.80 Å². The van der Waals surface area contributed by atoms with Crippen molar-refractivity contribution in [2.75, 3.05) is 26.2 Å². The largest absolute Gasteiger partial charge is 0.339 e. The molecule has 0 unspecified atom stereocenters. The maximum atomic E-state index is 13.3. The molecule has 6 nitrogen and oxygen atoms in total. The summed E-state index contributed by atoms with van der Waals surface area (Å²) in [6.07, 6.45) is 0. The van der Waals surface area contributed by atoms with Gasteiger partial charge in [0.1, 0.15) is 11.5 Å². The maximum absolute atomic E-state index is 13.3. The first-order chi connectivity index (χ1) is 14.4. The molecule has 0 bridgehead atoms. The molecule has 3 aromatic rings. The Kier molecular flexibility index (Phi) is 5.55. The first-order valence-electron chi connectivity index (χ1n) is 9.59. The van der Waals surface area contributed by atoms with E-state index in [1.807, 2.05) is 0 Å². The Morgan fingerprint density at radius 2 is 1.53 bits per heavy atom. The van der Waals surface area contributed by atoms with Crippen LogP contribution < -0.4 is 0 Å². The molecule has 2 amide bonds. The van der Waals surface area contributed by atoms with E-state index in [0.29, 0.717) is 53.8 Å². The van der Waals surface area contributed by atoms with Crippen LogP contribution in [0.15, 0.2) is 54.6 Å². The van der Waals surface area contributed by atoms with Crippen molar-refractivity contribution in [3.63, 3.8) is 0 Å². The van der Waals surface area contributed by atoms with Gasteiger partial charge in [-0.15, -0.1) is 0 Å². The van der Waals surface area contributed by atoms with Crippen molar-refractivity contribution in [2.45, 2.75) is 6.92 Å². The molecule has 0 radical (unpaired) electrons. The topological polar surface area (TPSA) is 58.4 Å². The number of hydrogen-bond donors (Lipinski definition) is 0. The zero-order valence-corrected chi connectivity index (χ0v) is 17.1. The van der Waals surface area contributed by atoms with E-state index < -0.39 is 0 Å². The molecule has 2 aromatic carbocycles. The highest BCUT2D eigenvalue weighted by molar-refractivity contribution is 6.30. The first kappa shape index (κ1) is 20.1. The lowest BCUT2D eigenvalue weighted by Crippen LogP contribution is -2.50. The van der Waals surface area contributed by atoms with E-state index in [-0.39, 0.29) is 17.6 Å². The van der Waals surface area contributed by atoms with Gasteiger partial charge in [-0.3, -0.25) is 9.59 Å². The summed E-state index contributed by atoms with van der Waals surface area (Å²) in [4.78, 5) is 28.3. The van der Waals surface area contributed by atoms with E-state index in [1.165, 1.54) is 19.1 Å². The average molecular weight is 427 g/mol. The highest BCUT2D eigenvalue weighted by Crippen LogP contribution is 2.24. The summed E-state index contributed by atoms with van der Waals surface area (Å²) in [5.41, 5.74) is 2.36. The van der Waals surface area contributed by atoms with Gasteiger partial charge in [-0.2, -0.15) is 5.10 Å². The number of carbonyl (C=O) groups is 2. The van der Waals surface area contributed by atoms with Crippen LogP contribution >= 0.6 is 11.6 Å². The molecule has 154 valence electrons. The van der Waals surface area contributed by atoms with Crippen LogP contribution in [0.3, 0.4) is 0 Å². The summed E-state index contributed by atoms with van der Waals surface area (Å²) in [5.74, 6) is -0.503. The van der Waals surface area contributed by atoms with Crippen LogP contribution in [-0.4, -0.2) is 57.6 Å². The van der Waals surface area contributed by atoms with E-state index in [1.54, 1.807) is 56.9 Å². The Labute approximate surface area is 178 Å². The van der Waals surface area contributed by atoms with Crippen LogP contribution in [-0.2, 0) is 4.79 Å². The minimum absolute atomic E-state index is 0.00639. The van der Waals surface area contributed by atoms with Crippen molar-refractivity contribution >= 4 is 23.4 Å². The smallest absolute Gasteiger partial charge is 0.272 e. The Bertz CT molecular complexity index is 1070. The lowest BCUT2D eigenvalue weighted by Gasteiger charge is -2.34. The van der Waals surface area contributed by atoms with Crippen LogP contribution in [0, 0.1) is 5.82 Å². The van der Waals surface area contributed by atoms with Crippen molar-refractivity contribution in [1.29, 1.82) is 0 Å². The molecule has 0 aliphatic carbocycles. The fourth-order valence-corrected chi connectivity index (χ4v) is 3.59. The monoisotopic (exact) mass is 426 g/mol. The number of amides is 2. The minimum Gasteiger partial charge on any atom is -0.339 e. The third-order valence-electron chi connectivity index (χ3n) is 5.15. The summed E-state index contributed by atoms with van der Waals surface area (Å²) in [6.45, 7) is 3.44. The molecule has 0 saturated carbocycles. The molecular weight excluding hydrogens is 407 g/mol. The summed E-state index contributed by atoms with van der Waals surface area (Å²) in [5, 5.41) is 5.19. The first-order valence-corrected chi connectivity index (χ1v) is 9.97. The predicted octanol–water partition coefficient (Wildman–Crippen LogP) is 3.64. The second-order valence-corrected chi connectivity index (χ2v) is 7.54. The molecule has 8 heteroatoms. The van der Waals surface area contributed by atoms with Gasteiger partial charge in [-0.1, -0.05) is 11.6 Å². The lowest BCUT2D eigenvalue weighted by atomic mass is 10.1. The zero-order valence-electron chi connectivity index (χ0n) is 16.4. The van der Waals surface area contributed by atoms with Gasteiger partial charge >= 0.3 is 0 Å². The molecule has 0 N–H and O–H groups in total. The zero-order chi connectivity index (χ0) is 21.3. The van der Waals surface area contributed by atoms with Gasteiger partial charge in [0.25, 0.3) is 5.91 Å². The highest BCUT2D eigenvalue weighted by atomic mass is 35.5. The number of halogens is 2. The molecule has 1 saturated heterocycles. The van der Waals surface area contributed by atoms with Gasteiger partial charge in [0.2, 0.25) is 5.91 Å². The average Bonchev–Trinajstić information content (AvgIpc) is 3.19. The van der Waals surface area contributed by atoms with Gasteiger partial charge in [-0.25, -0.2) is 9.07 Å². The van der Waals surface area contributed by atoms with E-state index in [4.69, 9.17) is 11.6 Å². The number of piperazine rings is 1. The van der Waals surface area contributed by atoms with Crippen molar-refractivity contribution in [1.82, 2.24) is 19.6 Å². The SMILES string of the molecule is CC(=O)N1CCN(C(=O)c2cc(-c3ccc(F)cc3)nn2-c2ccc(Cl)cc2)CC1. The summed E-state index contributed by atoms with van der Waals surface area (Å²) >= 11 is 6.01. The van der Waals surface area contributed by atoms with Crippen LogP contribution in [0.2, 0.25) is 5.02 Å². The molecular formula is C22H20ClFN4O2. The normalized spacial score (nSPS) is 14.1. The van der Waals surface area contributed by atoms with Crippen molar-refractivity contribution in [2.24, 2.45) is 0 Å². The second kappa shape index (κ2) is 8.28. The summed E-state index contributed by atoms with van der Waals surface area (Å²) < 4.78 is 14.9. The van der Waals surface area contributed by atoms with E-state index >= 15 is 0 Å². The second-order valence-electron chi connectivity index (χ2n) is 7.11. The predicted molar refractivity (Wildman–Crippen MR) is 112 cm³/mol. The molecule has 1 fully saturated rings. The third-order valence-corrected chi connectivity index (χ3v) is 5.40. The fourth-order valence-electron chi connectivity index (χ4n) is 3.46. The quantitative estimate of drug-likeness (QED) is 0.642. The highest BCUT2D eigenvalue weighted by Gasteiger charge is 2.27. The van der Waals surface area contributed by atoms with E-state index in [0.717, 1.165) is 0 Å².